The second kappa shape index (κ2) is 9.97. The monoisotopic (exact) mass is 354 g/mol. The summed E-state index contributed by atoms with van der Waals surface area (Å²) in [5, 5.41) is 0. The number of rotatable bonds is 12. The molecule has 0 aromatic rings. The molecule has 0 saturated carbocycles. The van der Waals surface area contributed by atoms with Gasteiger partial charge in [0.05, 0.1) is 0 Å². The van der Waals surface area contributed by atoms with Crippen molar-refractivity contribution in [1.29, 1.82) is 0 Å². The van der Waals surface area contributed by atoms with Gasteiger partial charge in [0.1, 0.15) is 0 Å². The lowest BCUT2D eigenvalue weighted by Crippen LogP contribution is -2.69. The molecule has 132 valence electrons. The van der Waals surface area contributed by atoms with Crippen molar-refractivity contribution >= 4 is 8.60 Å². The van der Waals surface area contributed by atoms with Crippen molar-refractivity contribution in [2.24, 2.45) is 0 Å². The molecule has 0 rings (SSSR count). The lowest BCUT2D eigenvalue weighted by Gasteiger charge is -2.49. The van der Waals surface area contributed by atoms with Gasteiger partial charge in [-0.15, -0.1) is 26.3 Å². The van der Waals surface area contributed by atoms with Crippen molar-refractivity contribution in [2.45, 2.75) is 12.0 Å². The van der Waals surface area contributed by atoms with Gasteiger partial charge >= 0.3 is 14.8 Å². The van der Waals surface area contributed by atoms with Gasteiger partial charge in [0.2, 0.25) is 0 Å². The fourth-order valence-corrected chi connectivity index (χ4v) is 2.67. The highest BCUT2D eigenvalue weighted by atomic mass is 31.2. The average Bonchev–Trinajstić information content (AvgIpc) is 2.43. The molecule has 23 heavy (non-hydrogen) atoms. The van der Waals surface area contributed by atoms with Crippen LogP contribution in [0.2, 0.25) is 0 Å². The fourth-order valence-electron chi connectivity index (χ4n) is 2.11. The molecule has 0 atom stereocenters. The van der Waals surface area contributed by atoms with Crippen LogP contribution in [0.15, 0.2) is 50.6 Å². The molecule has 0 aliphatic carbocycles. The molecule has 0 fully saturated rings. The van der Waals surface area contributed by atoms with Crippen LogP contribution in [0.1, 0.15) is 0 Å². The van der Waals surface area contributed by atoms with Crippen LogP contribution in [-0.4, -0.2) is 57.8 Å². The van der Waals surface area contributed by atoms with Crippen molar-refractivity contribution in [3.05, 3.63) is 50.6 Å². The van der Waals surface area contributed by atoms with Crippen LogP contribution in [0.5, 0.6) is 0 Å². The van der Waals surface area contributed by atoms with E-state index in [1.807, 2.05) is 0 Å². The van der Waals surface area contributed by atoms with Crippen molar-refractivity contribution in [3.63, 3.8) is 0 Å². The molecule has 0 aliphatic rings. The summed E-state index contributed by atoms with van der Waals surface area (Å²) in [6, 6.07) is 0. The molecule has 0 amide bonds. The summed E-state index contributed by atoms with van der Waals surface area (Å²) in [5.41, 5.74) is 0. The molecule has 2 N–H and O–H groups in total. The van der Waals surface area contributed by atoms with Crippen LogP contribution in [0.3, 0.4) is 0 Å². The van der Waals surface area contributed by atoms with Gasteiger partial charge in [-0.3, -0.25) is 4.52 Å². The Labute approximate surface area is 135 Å². The summed E-state index contributed by atoms with van der Waals surface area (Å²) in [6.07, 6.45) is 0.0422. The van der Waals surface area contributed by atoms with E-state index in [9.17, 15) is 13.2 Å². The predicted octanol–water partition coefficient (Wildman–Crippen LogP) is 2.78. The Morgan fingerprint density at radius 3 is 1.30 bits per heavy atom. The van der Waals surface area contributed by atoms with Gasteiger partial charge in [-0.2, -0.15) is 13.2 Å². The number of nitrogens with zero attached hydrogens (tertiary/aromatic N) is 2. The number of halogens is 3. The molecule has 0 spiro atoms. The molecule has 0 saturated heterocycles. The van der Waals surface area contributed by atoms with E-state index in [0.29, 0.717) is 0 Å². The maximum absolute atomic E-state index is 14.0. The van der Waals surface area contributed by atoms with Gasteiger partial charge in [0.15, 0.2) is 0 Å². The summed E-state index contributed by atoms with van der Waals surface area (Å²) < 4.78 is 46.6. The standard InChI is InChI=1S/C14H22F3N2O3P/c1-5-9-18(10-6-2)14(13(15,16)17,22-23(20)21)19(11-7-3)12-8-4/h5-8,20-21H,1-4,9-12H2. The van der Waals surface area contributed by atoms with E-state index >= 15 is 0 Å². The Kier molecular flexibility index (Phi) is 9.53. The van der Waals surface area contributed by atoms with E-state index < -0.39 is 20.6 Å². The van der Waals surface area contributed by atoms with Crippen LogP contribution in [0.4, 0.5) is 13.2 Å². The topological polar surface area (TPSA) is 56.2 Å². The first kappa shape index (κ1) is 22.0. The van der Waals surface area contributed by atoms with Crippen molar-refractivity contribution < 1.29 is 27.5 Å². The molecule has 0 bridgehead atoms. The third kappa shape index (κ3) is 5.53. The molecule has 0 heterocycles. The fraction of sp³-hybridized carbons (Fsp3) is 0.429. The van der Waals surface area contributed by atoms with E-state index in [1.165, 1.54) is 24.3 Å². The number of alkyl halides is 3. The van der Waals surface area contributed by atoms with E-state index in [4.69, 9.17) is 9.79 Å². The van der Waals surface area contributed by atoms with Crippen molar-refractivity contribution in [1.82, 2.24) is 9.80 Å². The molecule has 0 aliphatic heterocycles. The minimum absolute atomic E-state index is 0.223. The molecular formula is C14H22F3N2O3P. The smallest absolute Gasteiger partial charge is 0.328 e. The van der Waals surface area contributed by atoms with Crippen LogP contribution in [0, 0.1) is 0 Å². The summed E-state index contributed by atoms with van der Waals surface area (Å²) >= 11 is 0. The van der Waals surface area contributed by atoms with E-state index in [1.54, 1.807) is 0 Å². The highest BCUT2D eigenvalue weighted by Gasteiger charge is 2.64. The summed E-state index contributed by atoms with van der Waals surface area (Å²) in [7, 11) is -3.30. The van der Waals surface area contributed by atoms with E-state index in [0.717, 1.165) is 9.80 Å². The first-order chi connectivity index (χ1) is 10.7. The first-order valence-corrected chi connectivity index (χ1v) is 7.75. The largest absolute Gasteiger partial charge is 0.447 e. The zero-order chi connectivity index (χ0) is 18.1. The average molecular weight is 354 g/mol. The van der Waals surface area contributed by atoms with Gasteiger partial charge in [0, 0.05) is 26.2 Å². The predicted molar refractivity (Wildman–Crippen MR) is 85.2 cm³/mol. The lowest BCUT2D eigenvalue weighted by molar-refractivity contribution is -0.357. The quantitative estimate of drug-likeness (QED) is 0.321. The zero-order valence-electron chi connectivity index (χ0n) is 12.7. The van der Waals surface area contributed by atoms with E-state index in [-0.39, 0.29) is 26.2 Å². The molecule has 5 nitrogen and oxygen atoms in total. The molecule has 0 aromatic heterocycles. The molecule has 0 radical (unpaired) electrons. The Bertz CT molecular complexity index is 373. The summed E-state index contributed by atoms with van der Waals surface area (Å²) in [4.78, 5) is 20.0. The highest BCUT2D eigenvalue weighted by Crippen LogP contribution is 2.46. The van der Waals surface area contributed by atoms with Gasteiger partial charge in [-0.25, -0.2) is 9.80 Å². The second-order valence-electron chi connectivity index (χ2n) is 4.41. The Hall–Kier alpha value is -1.02. The molecular weight excluding hydrogens is 332 g/mol. The molecule has 0 aromatic carbocycles. The lowest BCUT2D eigenvalue weighted by atomic mass is 10.2. The maximum Gasteiger partial charge on any atom is 0.447 e. The molecule has 0 unspecified atom stereocenters. The van der Waals surface area contributed by atoms with Crippen molar-refractivity contribution in [2.75, 3.05) is 26.2 Å². The normalized spacial score (nSPS) is 12.7. The first-order valence-electron chi connectivity index (χ1n) is 6.58. The van der Waals surface area contributed by atoms with Crippen LogP contribution in [0.25, 0.3) is 0 Å². The number of hydrogen-bond acceptors (Lipinski definition) is 5. The second-order valence-corrected chi connectivity index (χ2v) is 5.10. The van der Waals surface area contributed by atoms with Gasteiger partial charge < -0.3 is 9.79 Å². The maximum atomic E-state index is 14.0. The Morgan fingerprint density at radius 2 is 1.13 bits per heavy atom. The summed E-state index contributed by atoms with van der Waals surface area (Å²) in [6.45, 7) is 12.8. The Balaban J connectivity index is 6.30. The van der Waals surface area contributed by atoms with Gasteiger partial charge in [0.25, 0.3) is 5.85 Å². The van der Waals surface area contributed by atoms with Crippen LogP contribution in [-0.2, 0) is 4.52 Å². The van der Waals surface area contributed by atoms with Crippen molar-refractivity contribution in [3.8, 4) is 0 Å². The third-order valence-electron chi connectivity index (χ3n) is 2.83. The zero-order valence-corrected chi connectivity index (χ0v) is 13.6. The van der Waals surface area contributed by atoms with Crippen LogP contribution < -0.4 is 0 Å². The minimum atomic E-state index is -4.98. The van der Waals surface area contributed by atoms with Gasteiger partial charge in [-0.05, 0) is 0 Å². The highest BCUT2D eigenvalue weighted by molar-refractivity contribution is 7.39. The van der Waals surface area contributed by atoms with Gasteiger partial charge in [-0.1, -0.05) is 24.3 Å². The minimum Gasteiger partial charge on any atom is -0.328 e. The van der Waals surface area contributed by atoms with Crippen LogP contribution >= 0.6 is 8.60 Å². The molecule has 9 heteroatoms. The Morgan fingerprint density at radius 1 is 0.826 bits per heavy atom. The SMILES string of the molecule is C=CCN(CC=C)C(OP(O)O)(N(CC=C)CC=C)C(F)(F)F. The third-order valence-corrected chi connectivity index (χ3v) is 3.25. The number of hydrogen-bond donors (Lipinski definition) is 2. The summed E-state index contributed by atoms with van der Waals surface area (Å²) in [5.74, 6) is -3.09. The van der Waals surface area contributed by atoms with E-state index in [2.05, 4.69) is 30.8 Å².